The molecule has 0 unspecified atom stereocenters. The minimum Gasteiger partial charge on any atom is -0.385 e. The number of H-pyrrole nitrogens is 1. The van der Waals surface area contributed by atoms with Gasteiger partial charge in [0.05, 0.1) is 4.75 Å². The van der Waals surface area contributed by atoms with Gasteiger partial charge < -0.3 is 10.3 Å². The van der Waals surface area contributed by atoms with Crippen LogP contribution in [0.3, 0.4) is 0 Å². The molecular weight excluding hydrogens is 334 g/mol. The zero-order valence-corrected chi connectivity index (χ0v) is 16.1. The van der Waals surface area contributed by atoms with Gasteiger partial charge in [-0.15, -0.1) is 0 Å². The summed E-state index contributed by atoms with van der Waals surface area (Å²) in [6.45, 7) is 6.17. The monoisotopic (exact) mass is 363 g/mol. The minimum absolute atomic E-state index is 0.0803. The van der Waals surface area contributed by atoms with Crippen LogP contribution in [-0.4, -0.2) is 30.7 Å². The van der Waals surface area contributed by atoms with Crippen LogP contribution in [0, 0.1) is 5.92 Å². The molecule has 0 amide bonds. The van der Waals surface area contributed by atoms with E-state index >= 15 is 0 Å². The lowest BCUT2D eigenvalue weighted by atomic mass is 9.86. The molecule has 1 aromatic carbocycles. The number of aromatic amines is 1. The fourth-order valence-corrected chi connectivity index (χ4v) is 4.33. The third-order valence-corrected chi connectivity index (χ3v) is 7.38. The smallest absolute Gasteiger partial charge is 0.216 e. The van der Waals surface area contributed by atoms with Crippen molar-refractivity contribution < 1.29 is 8.42 Å². The summed E-state index contributed by atoms with van der Waals surface area (Å²) in [4.78, 5) is 3.20. The van der Waals surface area contributed by atoms with E-state index in [0.29, 0.717) is 5.92 Å². The first-order valence-corrected chi connectivity index (χ1v) is 10.6. The topological polar surface area (TPSA) is 74.0 Å². The molecule has 2 aromatic rings. The Morgan fingerprint density at radius 3 is 2.52 bits per heavy atom. The fraction of sp³-hybridized carbons (Fsp3) is 0.579. The maximum atomic E-state index is 12.3. The molecule has 1 heterocycles. The predicted octanol–water partition coefficient (Wildman–Crippen LogP) is 3.86. The van der Waals surface area contributed by atoms with Gasteiger partial charge in [-0.2, -0.15) is 0 Å². The highest BCUT2D eigenvalue weighted by atomic mass is 32.2. The van der Waals surface area contributed by atoms with Gasteiger partial charge in [0.15, 0.2) is 0 Å². The Morgan fingerprint density at radius 2 is 1.84 bits per heavy atom. The minimum atomic E-state index is -3.25. The molecule has 0 spiro atoms. The molecule has 0 radical (unpaired) electrons. The summed E-state index contributed by atoms with van der Waals surface area (Å²) in [5.74, 6) is 0.595. The number of hydrogen-bond acceptors (Lipinski definition) is 3. The first kappa shape index (κ1) is 18.3. The van der Waals surface area contributed by atoms with Gasteiger partial charge in [0, 0.05) is 35.4 Å². The lowest BCUT2D eigenvalue weighted by molar-refractivity contribution is 0.322. The lowest BCUT2D eigenvalue weighted by Gasteiger charge is -2.31. The second kappa shape index (κ2) is 7.00. The van der Waals surface area contributed by atoms with Gasteiger partial charge in [-0.3, -0.25) is 0 Å². The quantitative estimate of drug-likeness (QED) is 0.755. The third-order valence-electron chi connectivity index (χ3n) is 5.12. The summed E-state index contributed by atoms with van der Waals surface area (Å²) < 4.78 is 26.7. The van der Waals surface area contributed by atoms with Crippen molar-refractivity contribution in [2.75, 3.05) is 11.9 Å². The summed E-state index contributed by atoms with van der Waals surface area (Å²) in [6.07, 6.45) is 5.89. The molecule has 0 atom stereocenters. The summed E-state index contributed by atoms with van der Waals surface area (Å²) >= 11 is 0. The van der Waals surface area contributed by atoms with Gasteiger partial charge in [-0.25, -0.2) is 13.1 Å². The maximum Gasteiger partial charge on any atom is 0.216 e. The number of anilines is 1. The van der Waals surface area contributed by atoms with Crippen LogP contribution in [0.5, 0.6) is 0 Å². The summed E-state index contributed by atoms with van der Waals surface area (Å²) in [6, 6.07) is 8.51. The molecule has 1 aliphatic rings. The maximum absolute atomic E-state index is 12.3. The SMILES string of the molecule is CC(C)(C)S(=O)(=O)NC1CCC(CNc2ccc3[nH]ccc3c2)CC1. The molecule has 0 aliphatic heterocycles. The Labute approximate surface area is 150 Å². The van der Waals surface area contributed by atoms with Crippen LogP contribution in [0.4, 0.5) is 5.69 Å². The molecule has 3 N–H and O–H groups in total. The molecule has 1 saturated carbocycles. The van der Waals surface area contributed by atoms with Gasteiger partial charge in [-0.05, 0) is 76.6 Å². The molecule has 5 nitrogen and oxygen atoms in total. The predicted molar refractivity (Wildman–Crippen MR) is 104 cm³/mol. The fourth-order valence-electron chi connectivity index (χ4n) is 3.31. The summed E-state index contributed by atoms with van der Waals surface area (Å²) in [7, 11) is -3.25. The molecule has 1 aromatic heterocycles. The Balaban J connectivity index is 1.48. The first-order chi connectivity index (χ1) is 11.7. The van der Waals surface area contributed by atoms with E-state index in [1.165, 1.54) is 5.39 Å². The molecule has 1 aliphatic carbocycles. The van der Waals surface area contributed by atoms with Crippen LogP contribution in [0.1, 0.15) is 46.5 Å². The van der Waals surface area contributed by atoms with E-state index in [1.807, 2.05) is 6.20 Å². The molecule has 138 valence electrons. The molecular formula is C19H29N3O2S. The van der Waals surface area contributed by atoms with Crippen molar-refractivity contribution in [1.82, 2.24) is 9.71 Å². The molecule has 0 bridgehead atoms. The zero-order valence-electron chi connectivity index (χ0n) is 15.3. The largest absolute Gasteiger partial charge is 0.385 e. The van der Waals surface area contributed by atoms with Gasteiger partial charge in [0.25, 0.3) is 0 Å². The van der Waals surface area contributed by atoms with E-state index in [1.54, 1.807) is 20.8 Å². The van der Waals surface area contributed by atoms with E-state index in [0.717, 1.165) is 43.4 Å². The Bertz CT molecular complexity index is 813. The number of aromatic nitrogens is 1. The number of hydrogen-bond donors (Lipinski definition) is 3. The Kier molecular flexibility index (Phi) is 5.11. The Hall–Kier alpha value is -1.53. The number of rotatable bonds is 5. The molecule has 3 rings (SSSR count). The van der Waals surface area contributed by atoms with Crippen molar-refractivity contribution in [3.63, 3.8) is 0 Å². The Morgan fingerprint density at radius 1 is 1.12 bits per heavy atom. The number of sulfonamides is 1. The van der Waals surface area contributed by atoms with E-state index < -0.39 is 14.8 Å². The average Bonchev–Trinajstić information content (AvgIpc) is 3.00. The summed E-state index contributed by atoms with van der Waals surface area (Å²) in [5.41, 5.74) is 2.29. The highest BCUT2D eigenvalue weighted by Crippen LogP contribution is 2.27. The highest BCUT2D eigenvalue weighted by Gasteiger charge is 2.32. The van der Waals surface area contributed by atoms with Crippen molar-refractivity contribution in [2.24, 2.45) is 5.92 Å². The van der Waals surface area contributed by atoms with E-state index in [2.05, 4.69) is 39.3 Å². The second-order valence-electron chi connectivity index (χ2n) is 8.11. The van der Waals surface area contributed by atoms with Crippen molar-refractivity contribution >= 4 is 26.6 Å². The van der Waals surface area contributed by atoms with Gasteiger partial charge in [0.2, 0.25) is 10.0 Å². The van der Waals surface area contributed by atoms with Crippen LogP contribution < -0.4 is 10.0 Å². The van der Waals surface area contributed by atoms with Gasteiger partial charge in [-0.1, -0.05) is 0 Å². The molecule has 6 heteroatoms. The van der Waals surface area contributed by atoms with Crippen LogP contribution in [-0.2, 0) is 10.0 Å². The van der Waals surface area contributed by atoms with Crippen molar-refractivity contribution in [2.45, 2.75) is 57.2 Å². The summed E-state index contributed by atoms with van der Waals surface area (Å²) in [5, 5.41) is 4.74. The standard InChI is InChI=1S/C19H29N3O2S/c1-19(2,3)25(23,24)22-16-6-4-14(5-7-16)13-21-17-8-9-18-15(12-17)10-11-20-18/h8-12,14,16,20-22H,4-7,13H2,1-3H3. The zero-order chi connectivity index (χ0) is 18.1. The lowest BCUT2D eigenvalue weighted by Crippen LogP contribution is -2.46. The number of benzene rings is 1. The first-order valence-electron chi connectivity index (χ1n) is 9.07. The number of nitrogens with one attached hydrogen (secondary N) is 3. The number of fused-ring (bicyclic) bond motifs is 1. The van der Waals surface area contributed by atoms with Crippen LogP contribution in [0.25, 0.3) is 10.9 Å². The van der Waals surface area contributed by atoms with E-state index in [-0.39, 0.29) is 6.04 Å². The van der Waals surface area contributed by atoms with E-state index in [9.17, 15) is 8.42 Å². The third kappa shape index (κ3) is 4.36. The molecule has 0 saturated heterocycles. The van der Waals surface area contributed by atoms with Crippen LogP contribution in [0.2, 0.25) is 0 Å². The second-order valence-corrected chi connectivity index (χ2v) is 10.6. The van der Waals surface area contributed by atoms with Crippen molar-refractivity contribution in [1.29, 1.82) is 0 Å². The van der Waals surface area contributed by atoms with Gasteiger partial charge in [0.1, 0.15) is 0 Å². The normalized spacial score (nSPS) is 22.2. The highest BCUT2D eigenvalue weighted by molar-refractivity contribution is 7.90. The molecule has 25 heavy (non-hydrogen) atoms. The van der Waals surface area contributed by atoms with Gasteiger partial charge >= 0.3 is 0 Å². The van der Waals surface area contributed by atoms with E-state index in [4.69, 9.17) is 0 Å². The van der Waals surface area contributed by atoms with Crippen LogP contribution >= 0.6 is 0 Å². The average molecular weight is 364 g/mol. The molecule has 1 fully saturated rings. The van der Waals surface area contributed by atoms with Crippen molar-refractivity contribution in [3.8, 4) is 0 Å². The van der Waals surface area contributed by atoms with Crippen molar-refractivity contribution in [3.05, 3.63) is 30.5 Å². The van der Waals surface area contributed by atoms with Crippen LogP contribution in [0.15, 0.2) is 30.5 Å².